The van der Waals surface area contributed by atoms with Crippen molar-refractivity contribution >= 4 is 23.1 Å². The number of nitrogens with two attached hydrogens (primary N) is 1. The Bertz CT molecular complexity index is 485. The highest BCUT2D eigenvalue weighted by molar-refractivity contribution is 6.32. The van der Waals surface area contributed by atoms with E-state index >= 15 is 0 Å². The Morgan fingerprint density at radius 3 is 2.85 bits per heavy atom. The summed E-state index contributed by atoms with van der Waals surface area (Å²) in [5, 5.41) is 3.65. The molecule has 5 heteroatoms. The van der Waals surface area contributed by atoms with E-state index in [2.05, 4.69) is 28.3 Å². The third kappa shape index (κ3) is 4.10. The fourth-order valence-corrected chi connectivity index (χ4v) is 2.62. The van der Waals surface area contributed by atoms with Crippen molar-refractivity contribution in [3.8, 4) is 0 Å². The topological polar surface area (TPSA) is 63.8 Å². The molecule has 0 spiro atoms. The van der Waals surface area contributed by atoms with E-state index in [1.165, 1.54) is 31.3 Å². The van der Waals surface area contributed by atoms with Crippen molar-refractivity contribution in [2.24, 2.45) is 0 Å². The molecule has 0 aromatic carbocycles. The predicted molar refractivity (Wildman–Crippen MR) is 85.1 cm³/mol. The van der Waals surface area contributed by atoms with Crippen LogP contribution >= 0.6 is 11.6 Å². The van der Waals surface area contributed by atoms with Crippen molar-refractivity contribution in [2.45, 2.75) is 51.9 Å². The summed E-state index contributed by atoms with van der Waals surface area (Å²) in [7, 11) is 0. The molecular weight excluding hydrogens is 272 g/mol. The summed E-state index contributed by atoms with van der Waals surface area (Å²) in [6.07, 6.45) is 10.3. The molecule has 4 nitrogen and oxygen atoms in total. The number of aryl methyl sites for hydroxylation is 1. The lowest BCUT2D eigenvalue weighted by Crippen LogP contribution is -2.10. The van der Waals surface area contributed by atoms with Gasteiger partial charge < -0.3 is 11.1 Å². The van der Waals surface area contributed by atoms with Gasteiger partial charge >= 0.3 is 0 Å². The van der Waals surface area contributed by atoms with Gasteiger partial charge in [0.2, 0.25) is 0 Å². The van der Waals surface area contributed by atoms with Crippen molar-refractivity contribution in [3.63, 3.8) is 0 Å². The SMILES string of the molecule is CCCc1nc(Cl)c(N)c(NCCC2=CCCCC2)n1. The molecule has 1 aliphatic carbocycles. The maximum Gasteiger partial charge on any atom is 0.157 e. The Morgan fingerprint density at radius 1 is 1.30 bits per heavy atom. The normalized spacial score (nSPS) is 15.0. The number of nitrogens with one attached hydrogen (secondary N) is 1. The van der Waals surface area contributed by atoms with Crippen LogP contribution in [0.1, 0.15) is 51.3 Å². The molecule has 0 bridgehead atoms. The van der Waals surface area contributed by atoms with E-state index in [0.717, 1.165) is 31.6 Å². The number of rotatable bonds is 6. The molecule has 1 aliphatic rings. The maximum absolute atomic E-state index is 6.05. The number of halogens is 1. The molecular formula is C15H23ClN4. The Hall–Kier alpha value is -1.29. The van der Waals surface area contributed by atoms with Crippen LogP contribution in [0.3, 0.4) is 0 Å². The van der Waals surface area contributed by atoms with Crippen LogP contribution < -0.4 is 11.1 Å². The molecule has 0 amide bonds. The molecule has 110 valence electrons. The largest absolute Gasteiger partial charge is 0.393 e. The first-order valence-electron chi connectivity index (χ1n) is 7.44. The van der Waals surface area contributed by atoms with Crippen molar-refractivity contribution in [3.05, 3.63) is 22.6 Å². The maximum atomic E-state index is 6.05. The van der Waals surface area contributed by atoms with E-state index in [1.54, 1.807) is 0 Å². The summed E-state index contributed by atoms with van der Waals surface area (Å²) < 4.78 is 0. The molecule has 0 aliphatic heterocycles. The van der Waals surface area contributed by atoms with Gasteiger partial charge in [-0.05, 0) is 38.5 Å². The second-order valence-corrected chi connectivity index (χ2v) is 5.59. The summed E-state index contributed by atoms with van der Waals surface area (Å²) >= 11 is 6.05. The summed E-state index contributed by atoms with van der Waals surface area (Å²) in [5.41, 5.74) is 7.92. The van der Waals surface area contributed by atoms with Gasteiger partial charge in [-0.2, -0.15) is 0 Å². The highest BCUT2D eigenvalue weighted by Crippen LogP contribution is 2.25. The first-order chi connectivity index (χ1) is 9.70. The number of hydrogen-bond donors (Lipinski definition) is 2. The second-order valence-electron chi connectivity index (χ2n) is 5.23. The van der Waals surface area contributed by atoms with Crippen LogP contribution in [0.2, 0.25) is 5.15 Å². The molecule has 0 unspecified atom stereocenters. The number of nitrogen functional groups attached to an aromatic ring is 1. The summed E-state index contributed by atoms with van der Waals surface area (Å²) in [6.45, 7) is 2.94. The van der Waals surface area contributed by atoms with Gasteiger partial charge in [-0.25, -0.2) is 9.97 Å². The van der Waals surface area contributed by atoms with Gasteiger partial charge in [0.15, 0.2) is 11.0 Å². The molecule has 1 aromatic rings. The second kappa shape index (κ2) is 7.48. The zero-order valence-corrected chi connectivity index (χ0v) is 12.8. The monoisotopic (exact) mass is 294 g/mol. The predicted octanol–water partition coefficient (Wildman–Crippen LogP) is 3.97. The highest BCUT2D eigenvalue weighted by Gasteiger charge is 2.10. The fraction of sp³-hybridized carbons (Fsp3) is 0.600. The molecule has 0 radical (unpaired) electrons. The lowest BCUT2D eigenvalue weighted by atomic mass is 9.97. The van der Waals surface area contributed by atoms with Crippen molar-refractivity contribution in [2.75, 3.05) is 17.6 Å². The first kappa shape index (κ1) is 15.1. The Labute approximate surface area is 125 Å². The van der Waals surface area contributed by atoms with Crippen LogP contribution in [-0.4, -0.2) is 16.5 Å². The standard InChI is InChI=1S/C15H23ClN4/c1-2-6-12-19-14(16)13(17)15(20-12)18-10-9-11-7-4-3-5-8-11/h7H,2-6,8-10,17H2,1H3,(H,18,19,20). The van der Waals surface area contributed by atoms with Gasteiger partial charge in [-0.3, -0.25) is 0 Å². The van der Waals surface area contributed by atoms with E-state index in [9.17, 15) is 0 Å². The molecule has 20 heavy (non-hydrogen) atoms. The van der Waals surface area contributed by atoms with E-state index in [1.807, 2.05) is 0 Å². The van der Waals surface area contributed by atoms with Crippen LogP contribution in [0.5, 0.6) is 0 Å². The summed E-state index contributed by atoms with van der Waals surface area (Å²) in [4.78, 5) is 8.65. The molecule has 0 atom stereocenters. The molecule has 1 aromatic heterocycles. The number of hydrogen-bond acceptors (Lipinski definition) is 4. The molecule has 3 N–H and O–H groups in total. The Kier molecular flexibility index (Phi) is 5.65. The Morgan fingerprint density at radius 2 is 2.15 bits per heavy atom. The van der Waals surface area contributed by atoms with Crippen LogP contribution in [0.15, 0.2) is 11.6 Å². The Balaban J connectivity index is 1.95. The molecule has 0 fully saturated rings. The van der Waals surface area contributed by atoms with Crippen LogP contribution in [-0.2, 0) is 6.42 Å². The lowest BCUT2D eigenvalue weighted by molar-refractivity contribution is 0.679. The minimum Gasteiger partial charge on any atom is -0.393 e. The number of aromatic nitrogens is 2. The van der Waals surface area contributed by atoms with Gasteiger partial charge in [0, 0.05) is 13.0 Å². The zero-order chi connectivity index (χ0) is 14.4. The van der Waals surface area contributed by atoms with Crippen molar-refractivity contribution < 1.29 is 0 Å². The van der Waals surface area contributed by atoms with Crippen LogP contribution in [0, 0.1) is 0 Å². The van der Waals surface area contributed by atoms with Gasteiger partial charge in [0.1, 0.15) is 11.5 Å². The van der Waals surface area contributed by atoms with Gasteiger partial charge in [-0.1, -0.05) is 30.2 Å². The van der Waals surface area contributed by atoms with Gasteiger partial charge in [0.05, 0.1) is 0 Å². The molecule has 1 heterocycles. The van der Waals surface area contributed by atoms with Gasteiger partial charge in [0.25, 0.3) is 0 Å². The average Bonchev–Trinajstić information content (AvgIpc) is 2.45. The average molecular weight is 295 g/mol. The lowest BCUT2D eigenvalue weighted by Gasteiger charge is -2.14. The van der Waals surface area contributed by atoms with Crippen LogP contribution in [0.25, 0.3) is 0 Å². The van der Waals surface area contributed by atoms with E-state index in [0.29, 0.717) is 16.7 Å². The number of nitrogens with zero attached hydrogens (tertiary/aromatic N) is 2. The quantitative estimate of drug-likeness (QED) is 0.615. The minimum absolute atomic E-state index is 0.350. The highest BCUT2D eigenvalue weighted by atomic mass is 35.5. The smallest absolute Gasteiger partial charge is 0.157 e. The molecule has 0 saturated heterocycles. The number of anilines is 2. The number of allylic oxidation sites excluding steroid dienone is 1. The van der Waals surface area contributed by atoms with Crippen molar-refractivity contribution in [1.29, 1.82) is 0 Å². The first-order valence-corrected chi connectivity index (χ1v) is 7.82. The van der Waals surface area contributed by atoms with Gasteiger partial charge in [-0.15, -0.1) is 0 Å². The van der Waals surface area contributed by atoms with E-state index in [4.69, 9.17) is 17.3 Å². The van der Waals surface area contributed by atoms with Crippen molar-refractivity contribution in [1.82, 2.24) is 9.97 Å². The summed E-state index contributed by atoms with van der Waals surface area (Å²) in [5.74, 6) is 1.43. The third-order valence-electron chi connectivity index (χ3n) is 3.54. The zero-order valence-electron chi connectivity index (χ0n) is 12.1. The van der Waals surface area contributed by atoms with E-state index in [-0.39, 0.29) is 0 Å². The third-order valence-corrected chi connectivity index (χ3v) is 3.83. The van der Waals surface area contributed by atoms with Crippen LogP contribution in [0.4, 0.5) is 11.5 Å². The molecule has 0 saturated carbocycles. The summed E-state index contributed by atoms with van der Waals surface area (Å²) in [6, 6.07) is 0. The fourth-order valence-electron chi connectivity index (χ4n) is 2.43. The van der Waals surface area contributed by atoms with E-state index < -0.39 is 0 Å². The minimum atomic E-state index is 0.350. The molecule has 2 rings (SSSR count).